The second-order valence-corrected chi connectivity index (χ2v) is 3.86. The molecule has 72 valence electrons. The second-order valence-electron chi connectivity index (χ2n) is 3.86. The molecule has 3 heteroatoms. The van der Waals surface area contributed by atoms with E-state index in [2.05, 4.69) is 6.07 Å². The lowest BCUT2D eigenvalue weighted by atomic mass is 9.98. The Labute approximate surface area is 79.3 Å². The number of hydrogen-bond acceptors (Lipinski definition) is 2. The van der Waals surface area contributed by atoms with Gasteiger partial charge in [-0.3, -0.25) is 4.79 Å². The molecule has 1 aliphatic heterocycles. The molecule has 0 aromatic rings. The van der Waals surface area contributed by atoms with Crippen molar-refractivity contribution in [3.05, 3.63) is 0 Å². The predicted molar refractivity (Wildman–Crippen MR) is 49.8 cm³/mol. The normalized spacial score (nSPS) is 25.5. The summed E-state index contributed by atoms with van der Waals surface area (Å²) in [4.78, 5) is 13.4. The summed E-state index contributed by atoms with van der Waals surface area (Å²) in [5, 5.41) is 8.63. The van der Waals surface area contributed by atoms with Crippen LogP contribution in [0.2, 0.25) is 0 Å². The Kier molecular flexibility index (Phi) is 3.30. The number of amides is 1. The fraction of sp³-hybridized carbons (Fsp3) is 0.800. The predicted octanol–water partition coefficient (Wildman–Crippen LogP) is 1.40. The van der Waals surface area contributed by atoms with Crippen molar-refractivity contribution < 1.29 is 4.79 Å². The first-order valence-corrected chi connectivity index (χ1v) is 4.83. The molecule has 0 bridgehead atoms. The van der Waals surface area contributed by atoms with Crippen molar-refractivity contribution in [1.29, 1.82) is 5.26 Å². The summed E-state index contributed by atoms with van der Waals surface area (Å²) >= 11 is 0. The van der Waals surface area contributed by atoms with E-state index in [1.807, 2.05) is 18.7 Å². The first kappa shape index (κ1) is 10.0. The molecule has 0 aromatic carbocycles. The summed E-state index contributed by atoms with van der Waals surface area (Å²) in [5.74, 6) is 0.322. The Morgan fingerprint density at radius 2 is 2.46 bits per heavy atom. The van der Waals surface area contributed by atoms with E-state index in [9.17, 15) is 4.79 Å². The molecule has 1 amide bonds. The average molecular weight is 180 g/mol. The van der Waals surface area contributed by atoms with Gasteiger partial charge in [0.05, 0.1) is 12.0 Å². The van der Waals surface area contributed by atoms with Crippen molar-refractivity contribution in [2.24, 2.45) is 11.8 Å². The van der Waals surface area contributed by atoms with Crippen molar-refractivity contribution in [2.45, 2.75) is 26.7 Å². The number of carbonyl (C=O) groups excluding carboxylic acids is 1. The second kappa shape index (κ2) is 4.27. The fourth-order valence-corrected chi connectivity index (χ4v) is 1.69. The molecule has 0 aromatic heterocycles. The third-order valence-corrected chi connectivity index (χ3v) is 2.51. The molecule has 1 heterocycles. The molecule has 0 aliphatic carbocycles. The van der Waals surface area contributed by atoms with Crippen LogP contribution in [0, 0.1) is 23.2 Å². The summed E-state index contributed by atoms with van der Waals surface area (Å²) in [6.07, 6.45) is 2.07. The molecule has 3 nitrogen and oxygen atoms in total. The highest BCUT2D eigenvalue weighted by atomic mass is 16.2. The number of carbonyl (C=O) groups is 1. The van der Waals surface area contributed by atoms with E-state index in [-0.39, 0.29) is 17.7 Å². The highest BCUT2D eigenvalue weighted by Crippen LogP contribution is 2.17. The van der Waals surface area contributed by atoms with E-state index < -0.39 is 0 Å². The monoisotopic (exact) mass is 180 g/mol. The van der Waals surface area contributed by atoms with Gasteiger partial charge in [-0.25, -0.2) is 0 Å². The van der Waals surface area contributed by atoms with Crippen molar-refractivity contribution in [3.8, 4) is 6.07 Å². The van der Waals surface area contributed by atoms with Gasteiger partial charge in [-0.15, -0.1) is 0 Å². The van der Waals surface area contributed by atoms with Crippen LogP contribution in [-0.4, -0.2) is 23.9 Å². The summed E-state index contributed by atoms with van der Waals surface area (Å²) in [7, 11) is 0. The number of rotatable bonds is 2. The van der Waals surface area contributed by atoms with E-state index in [4.69, 9.17) is 5.26 Å². The van der Waals surface area contributed by atoms with Crippen molar-refractivity contribution in [1.82, 2.24) is 4.90 Å². The van der Waals surface area contributed by atoms with Gasteiger partial charge in [-0.1, -0.05) is 6.92 Å². The molecule has 1 rings (SSSR count). The molecule has 1 aliphatic rings. The number of likely N-dealkylation sites (tertiary alicyclic amines) is 1. The number of piperidine rings is 1. The van der Waals surface area contributed by atoms with Crippen LogP contribution in [0.3, 0.4) is 0 Å². The Bertz CT molecular complexity index is 232. The van der Waals surface area contributed by atoms with Crippen LogP contribution in [0.15, 0.2) is 0 Å². The number of nitrogens with zero attached hydrogens (tertiary/aromatic N) is 2. The summed E-state index contributed by atoms with van der Waals surface area (Å²) < 4.78 is 0. The fourth-order valence-electron chi connectivity index (χ4n) is 1.69. The van der Waals surface area contributed by atoms with Gasteiger partial charge >= 0.3 is 0 Å². The maximum atomic E-state index is 11.6. The third kappa shape index (κ3) is 2.45. The van der Waals surface area contributed by atoms with Crippen LogP contribution in [-0.2, 0) is 4.79 Å². The molecule has 2 atom stereocenters. The van der Waals surface area contributed by atoms with Gasteiger partial charge in [0.2, 0.25) is 5.91 Å². The molecule has 13 heavy (non-hydrogen) atoms. The average Bonchev–Trinajstić information content (AvgIpc) is 2.13. The van der Waals surface area contributed by atoms with Crippen LogP contribution < -0.4 is 0 Å². The van der Waals surface area contributed by atoms with Gasteiger partial charge in [0.1, 0.15) is 0 Å². The first-order valence-electron chi connectivity index (χ1n) is 4.83. The van der Waals surface area contributed by atoms with Gasteiger partial charge in [-0.05, 0) is 19.8 Å². The Morgan fingerprint density at radius 3 is 3.08 bits per heavy atom. The third-order valence-electron chi connectivity index (χ3n) is 2.51. The molecular weight excluding hydrogens is 164 g/mol. The quantitative estimate of drug-likeness (QED) is 0.644. The van der Waals surface area contributed by atoms with E-state index in [0.29, 0.717) is 6.54 Å². The van der Waals surface area contributed by atoms with E-state index in [0.717, 1.165) is 19.4 Å². The smallest absolute Gasteiger partial charge is 0.225 e. The topological polar surface area (TPSA) is 44.1 Å². The highest BCUT2D eigenvalue weighted by Gasteiger charge is 2.25. The Morgan fingerprint density at radius 1 is 1.77 bits per heavy atom. The van der Waals surface area contributed by atoms with Crippen molar-refractivity contribution in [2.75, 3.05) is 13.1 Å². The molecule has 0 N–H and O–H groups in total. The minimum absolute atomic E-state index is 0.0470. The molecule has 0 saturated carbocycles. The Balaban J connectivity index is 2.50. The van der Waals surface area contributed by atoms with E-state index >= 15 is 0 Å². The SMILES string of the molecule is CC(C#N)CN1CCCC(C)C1=O. The molecule has 0 spiro atoms. The van der Waals surface area contributed by atoms with Crippen molar-refractivity contribution >= 4 is 5.91 Å². The minimum atomic E-state index is -0.0470. The van der Waals surface area contributed by atoms with Crippen LogP contribution >= 0.6 is 0 Å². The summed E-state index contributed by atoms with van der Waals surface area (Å²) in [6, 6.07) is 2.15. The van der Waals surface area contributed by atoms with Crippen molar-refractivity contribution in [3.63, 3.8) is 0 Å². The lowest BCUT2D eigenvalue weighted by Crippen LogP contribution is -2.42. The van der Waals surface area contributed by atoms with Gasteiger partial charge in [0.25, 0.3) is 0 Å². The first-order chi connectivity index (χ1) is 6.15. The molecule has 1 fully saturated rings. The Hall–Kier alpha value is -1.04. The lowest BCUT2D eigenvalue weighted by molar-refractivity contribution is -0.138. The van der Waals surface area contributed by atoms with Crippen LogP contribution in [0.4, 0.5) is 0 Å². The van der Waals surface area contributed by atoms with Gasteiger partial charge in [0.15, 0.2) is 0 Å². The summed E-state index contributed by atoms with van der Waals surface area (Å²) in [5.41, 5.74) is 0. The van der Waals surface area contributed by atoms with Gasteiger partial charge < -0.3 is 4.90 Å². The van der Waals surface area contributed by atoms with Crippen LogP contribution in [0.25, 0.3) is 0 Å². The van der Waals surface area contributed by atoms with E-state index in [1.54, 1.807) is 0 Å². The largest absolute Gasteiger partial charge is 0.341 e. The van der Waals surface area contributed by atoms with Gasteiger partial charge in [0, 0.05) is 19.0 Å². The summed E-state index contributed by atoms with van der Waals surface area (Å²) in [6.45, 7) is 5.24. The van der Waals surface area contributed by atoms with Gasteiger partial charge in [-0.2, -0.15) is 5.26 Å². The molecule has 2 unspecified atom stereocenters. The van der Waals surface area contributed by atoms with Crippen LogP contribution in [0.1, 0.15) is 26.7 Å². The minimum Gasteiger partial charge on any atom is -0.341 e. The zero-order valence-corrected chi connectivity index (χ0v) is 8.29. The lowest BCUT2D eigenvalue weighted by Gasteiger charge is -2.31. The molecule has 1 saturated heterocycles. The number of nitriles is 1. The number of hydrogen-bond donors (Lipinski definition) is 0. The van der Waals surface area contributed by atoms with E-state index in [1.165, 1.54) is 0 Å². The standard InChI is InChI=1S/C10H16N2O/c1-8(6-11)7-12-5-3-4-9(2)10(12)13/h8-9H,3-5,7H2,1-2H3. The van der Waals surface area contributed by atoms with Crippen LogP contribution in [0.5, 0.6) is 0 Å². The zero-order valence-electron chi connectivity index (χ0n) is 8.29. The maximum Gasteiger partial charge on any atom is 0.225 e. The molecule has 0 radical (unpaired) electrons. The zero-order chi connectivity index (χ0) is 9.84. The highest BCUT2D eigenvalue weighted by molar-refractivity contribution is 5.79. The molecular formula is C10H16N2O. The maximum absolute atomic E-state index is 11.6.